The number of amidine groups is 1. The molecule has 0 aliphatic rings. The van der Waals surface area contributed by atoms with Crippen molar-refractivity contribution in [3.8, 4) is 5.75 Å². The minimum atomic E-state index is 0.0335. The Morgan fingerprint density at radius 3 is 2.81 bits per heavy atom. The third-order valence-corrected chi connectivity index (χ3v) is 2.57. The molecule has 1 aromatic carbocycles. The lowest BCUT2D eigenvalue weighted by Crippen LogP contribution is -2.16. The fourth-order valence-electron chi connectivity index (χ4n) is 1.18. The summed E-state index contributed by atoms with van der Waals surface area (Å²) in [5, 5.41) is 11.7. The number of nitrogens with zero attached hydrogens (tertiary/aromatic N) is 1. The van der Waals surface area contributed by atoms with Crippen molar-refractivity contribution >= 4 is 21.8 Å². The molecule has 0 heterocycles. The predicted octanol–water partition coefficient (Wildman–Crippen LogP) is 2.58. The maximum atomic E-state index is 8.70. The summed E-state index contributed by atoms with van der Waals surface area (Å²) in [5.41, 5.74) is 6.17. The van der Waals surface area contributed by atoms with E-state index >= 15 is 0 Å². The third-order valence-electron chi connectivity index (χ3n) is 1.91. The Bertz CT molecular complexity index is 392. The number of hydrogen-bond donors (Lipinski definition) is 2. The van der Waals surface area contributed by atoms with E-state index in [4.69, 9.17) is 15.7 Å². The van der Waals surface area contributed by atoms with E-state index in [1.165, 1.54) is 0 Å². The second-order valence-corrected chi connectivity index (χ2v) is 4.66. The normalized spacial score (nSPS) is 11.9. The molecule has 0 aliphatic heterocycles. The second kappa shape index (κ2) is 5.75. The lowest BCUT2D eigenvalue weighted by Gasteiger charge is -2.13. The molecule has 16 heavy (non-hydrogen) atoms. The molecule has 0 amide bonds. The van der Waals surface area contributed by atoms with Crippen molar-refractivity contribution in [1.29, 1.82) is 0 Å². The molecule has 0 spiro atoms. The van der Waals surface area contributed by atoms with Crippen LogP contribution in [0, 0.1) is 5.92 Å². The topological polar surface area (TPSA) is 67.8 Å². The Labute approximate surface area is 103 Å². The van der Waals surface area contributed by atoms with Gasteiger partial charge in [-0.15, -0.1) is 0 Å². The number of nitrogens with two attached hydrogens (primary N) is 1. The summed E-state index contributed by atoms with van der Waals surface area (Å²) < 4.78 is 6.34. The molecule has 0 aromatic heterocycles. The summed E-state index contributed by atoms with van der Waals surface area (Å²) in [4.78, 5) is 0. The van der Waals surface area contributed by atoms with E-state index in [2.05, 4.69) is 34.9 Å². The zero-order valence-corrected chi connectivity index (χ0v) is 10.9. The average molecular weight is 287 g/mol. The quantitative estimate of drug-likeness (QED) is 0.387. The minimum absolute atomic E-state index is 0.0335. The van der Waals surface area contributed by atoms with Gasteiger partial charge in [-0.1, -0.05) is 25.1 Å². The van der Waals surface area contributed by atoms with Crippen LogP contribution in [0.5, 0.6) is 5.75 Å². The SMILES string of the molecule is CC(C)COc1cccc(Br)c1/C(N)=N/O. The number of oxime groups is 1. The van der Waals surface area contributed by atoms with Crippen LogP contribution in [0.3, 0.4) is 0 Å². The number of hydrogen-bond acceptors (Lipinski definition) is 3. The lowest BCUT2D eigenvalue weighted by molar-refractivity contribution is 0.270. The Morgan fingerprint density at radius 2 is 2.25 bits per heavy atom. The fourth-order valence-corrected chi connectivity index (χ4v) is 1.73. The van der Waals surface area contributed by atoms with E-state index in [1.807, 2.05) is 12.1 Å². The van der Waals surface area contributed by atoms with Gasteiger partial charge in [-0.25, -0.2) is 0 Å². The zero-order valence-electron chi connectivity index (χ0n) is 9.27. The summed E-state index contributed by atoms with van der Waals surface area (Å²) >= 11 is 3.34. The monoisotopic (exact) mass is 286 g/mol. The molecule has 88 valence electrons. The van der Waals surface area contributed by atoms with Crippen molar-refractivity contribution < 1.29 is 9.94 Å². The smallest absolute Gasteiger partial charge is 0.174 e. The maximum absolute atomic E-state index is 8.70. The van der Waals surface area contributed by atoms with Gasteiger partial charge in [0.25, 0.3) is 0 Å². The molecule has 0 saturated carbocycles. The van der Waals surface area contributed by atoms with Gasteiger partial charge in [-0.3, -0.25) is 0 Å². The summed E-state index contributed by atoms with van der Waals surface area (Å²) in [6, 6.07) is 5.45. The highest BCUT2D eigenvalue weighted by Gasteiger charge is 2.12. The van der Waals surface area contributed by atoms with Gasteiger partial charge in [0.1, 0.15) is 5.75 Å². The molecule has 4 nitrogen and oxygen atoms in total. The van der Waals surface area contributed by atoms with Crippen LogP contribution in [0.25, 0.3) is 0 Å². The van der Waals surface area contributed by atoms with Crippen molar-refractivity contribution in [3.63, 3.8) is 0 Å². The summed E-state index contributed by atoms with van der Waals surface area (Å²) in [7, 11) is 0. The van der Waals surface area contributed by atoms with Gasteiger partial charge in [0.15, 0.2) is 5.84 Å². The van der Waals surface area contributed by atoms with Gasteiger partial charge < -0.3 is 15.7 Å². The van der Waals surface area contributed by atoms with Crippen molar-refractivity contribution in [1.82, 2.24) is 0 Å². The number of benzene rings is 1. The van der Waals surface area contributed by atoms with Crippen LogP contribution in [0.4, 0.5) is 0 Å². The van der Waals surface area contributed by atoms with Crippen LogP contribution in [0.15, 0.2) is 27.8 Å². The summed E-state index contributed by atoms with van der Waals surface area (Å²) in [6.07, 6.45) is 0. The van der Waals surface area contributed by atoms with Crippen molar-refractivity contribution in [2.45, 2.75) is 13.8 Å². The van der Waals surface area contributed by atoms with Crippen LogP contribution in [-0.2, 0) is 0 Å². The lowest BCUT2D eigenvalue weighted by atomic mass is 10.2. The fraction of sp³-hybridized carbons (Fsp3) is 0.364. The Hall–Kier alpha value is -1.23. The molecule has 0 unspecified atom stereocenters. The zero-order chi connectivity index (χ0) is 12.1. The van der Waals surface area contributed by atoms with Crippen LogP contribution in [-0.4, -0.2) is 17.6 Å². The first-order valence-corrected chi connectivity index (χ1v) is 5.74. The van der Waals surface area contributed by atoms with E-state index in [9.17, 15) is 0 Å². The predicted molar refractivity (Wildman–Crippen MR) is 67.0 cm³/mol. The van der Waals surface area contributed by atoms with Crippen molar-refractivity contribution in [2.75, 3.05) is 6.61 Å². The Kier molecular flexibility index (Phi) is 4.61. The van der Waals surface area contributed by atoms with E-state index in [-0.39, 0.29) is 5.84 Å². The van der Waals surface area contributed by atoms with Gasteiger partial charge in [-0.05, 0) is 34.0 Å². The summed E-state index contributed by atoms with van der Waals surface area (Å²) in [6.45, 7) is 4.70. The largest absolute Gasteiger partial charge is 0.493 e. The van der Waals surface area contributed by atoms with Gasteiger partial charge in [0.05, 0.1) is 12.2 Å². The number of ether oxygens (including phenoxy) is 1. The maximum Gasteiger partial charge on any atom is 0.174 e. The summed E-state index contributed by atoms with van der Waals surface area (Å²) in [5.74, 6) is 1.06. The highest BCUT2D eigenvalue weighted by Crippen LogP contribution is 2.26. The molecule has 5 heteroatoms. The molecule has 1 rings (SSSR count). The standard InChI is InChI=1S/C11H15BrN2O2/c1-7(2)6-16-9-5-3-4-8(12)10(9)11(13)14-15/h3-5,7,15H,6H2,1-2H3,(H2,13,14). The average Bonchev–Trinajstić information content (AvgIpc) is 2.25. The molecular weight excluding hydrogens is 272 g/mol. The first-order valence-electron chi connectivity index (χ1n) is 4.95. The number of rotatable bonds is 4. The van der Waals surface area contributed by atoms with Crippen LogP contribution in [0.2, 0.25) is 0 Å². The van der Waals surface area contributed by atoms with Gasteiger partial charge >= 0.3 is 0 Å². The molecule has 0 saturated heterocycles. The molecular formula is C11H15BrN2O2. The first-order chi connectivity index (χ1) is 7.56. The molecule has 3 N–H and O–H groups in total. The second-order valence-electron chi connectivity index (χ2n) is 3.80. The Balaban J connectivity index is 3.03. The highest BCUT2D eigenvalue weighted by atomic mass is 79.9. The molecule has 0 fully saturated rings. The molecule has 0 atom stereocenters. The van der Waals surface area contributed by atoms with Gasteiger partial charge in [0, 0.05) is 4.47 Å². The minimum Gasteiger partial charge on any atom is -0.493 e. The first kappa shape index (κ1) is 12.8. The van der Waals surface area contributed by atoms with E-state index in [0.717, 1.165) is 4.47 Å². The van der Waals surface area contributed by atoms with Crippen LogP contribution in [0.1, 0.15) is 19.4 Å². The van der Waals surface area contributed by atoms with E-state index in [0.29, 0.717) is 23.8 Å². The molecule has 1 aromatic rings. The van der Waals surface area contributed by atoms with Gasteiger partial charge in [0.2, 0.25) is 0 Å². The number of halogens is 1. The molecule has 0 aliphatic carbocycles. The Morgan fingerprint density at radius 1 is 1.56 bits per heavy atom. The van der Waals surface area contributed by atoms with E-state index in [1.54, 1.807) is 6.07 Å². The molecule has 0 radical (unpaired) electrons. The van der Waals surface area contributed by atoms with Crippen molar-refractivity contribution in [3.05, 3.63) is 28.2 Å². The van der Waals surface area contributed by atoms with Gasteiger partial charge in [-0.2, -0.15) is 0 Å². The van der Waals surface area contributed by atoms with Crippen LogP contribution >= 0.6 is 15.9 Å². The van der Waals surface area contributed by atoms with E-state index < -0.39 is 0 Å². The van der Waals surface area contributed by atoms with Crippen LogP contribution < -0.4 is 10.5 Å². The molecule has 0 bridgehead atoms. The highest BCUT2D eigenvalue weighted by molar-refractivity contribution is 9.10. The third kappa shape index (κ3) is 3.13. The van der Waals surface area contributed by atoms with Crippen molar-refractivity contribution in [2.24, 2.45) is 16.8 Å².